The van der Waals surface area contributed by atoms with Gasteiger partial charge >= 0.3 is 5.69 Å². The molecule has 4 aromatic rings. The molecule has 0 saturated carbocycles. The van der Waals surface area contributed by atoms with Crippen LogP contribution in [0.3, 0.4) is 0 Å². The Morgan fingerprint density at radius 1 is 1.06 bits per heavy atom. The Bertz CT molecular complexity index is 1330. The van der Waals surface area contributed by atoms with Crippen molar-refractivity contribution in [3.05, 3.63) is 93.5 Å². The van der Waals surface area contributed by atoms with E-state index in [0.29, 0.717) is 28.1 Å². The first kappa shape index (κ1) is 20.2. The van der Waals surface area contributed by atoms with Crippen molar-refractivity contribution in [1.82, 2.24) is 14.5 Å². The summed E-state index contributed by atoms with van der Waals surface area (Å²) in [6.07, 6.45) is 1.52. The molecule has 31 heavy (non-hydrogen) atoms. The standard InChI is InChI=1S/C23H21N3O5/c1-15(21(27)24-14-18-6-5-13-31-18)25-20-8-4-3-7-19(20)22(28)26(23(25)29)16-9-11-17(30-2)12-10-16/h3-13,15H,14H2,1-2H3,(H,24,27)/t15-/m1/s1. The lowest BCUT2D eigenvalue weighted by atomic mass is 10.2. The number of aromatic nitrogens is 2. The van der Waals surface area contributed by atoms with E-state index in [0.717, 1.165) is 4.57 Å². The number of nitrogens with one attached hydrogen (secondary N) is 1. The molecule has 0 aliphatic rings. The zero-order valence-corrected chi connectivity index (χ0v) is 17.1. The minimum atomic E-state index is -0.863. The first-order chi connectivity index (χ1) is 15.0. The molecule has 0 fully saturated rings. The normalized spacial score (nSPS) is 11.9. The lowest BCUT2D eigenvalue weighted by molar-refractivity contribution is -0.124. The summed E-state index contributed by atoms with van der Waals surface area (Å²) in [5.41, 5.74) is -0.277. The van der Waals surface area contributed by atoms with Crippen molar-refractivity contribution in [2.75, 3.05) is 7.11 Å². The van der Waals surface area contributed by atoms with Gasteiger partial charge in [-0.15, -0.1) is 0 Å². The van der Waals surface area contributed by atoms with Crippen LogP contribution >= 0.6 is 0 Å². The van der Waals surface area contributed by atoms with E-state index in [4.69, 9.17) is 9.15 Å². The molecule has 158 valence electrons. The van der Waals surface area contributed by atoms with Crippen LogP contribution in [-0.4, -0.2) is 22.2 Å². The summed E-state index contributed by atoms with van der Waals surface area (Å²) in [5.74, 6) is 0.827. The number of carbonyl (C=O) groups excluding carboxylic acids is 1. The average Bonchev–Trinajstić information content (AvgIpc) is 3.31. The van der Waals surface area contributed by atoms with Crippen molar-refractivity contribution < 1.29 is 13.9 Å². The van der Waals surface area contributed by atoms with E-state index in [2.05, 4.69) is 5.32 Å². The number of hydrogen-bond donors (Lipinski definition) is 1. The molecule has 1 amide bonds. The van der Waals surface area contributed by atoms with Gasteiger partial charge in [-0.1, -0.05) is 12.1 Å². The number of carbonyl (C=O) groups is 1. The fourth-order valence-corrected chi connectivity index (χ4v) is 3.47. The molecule has 0 spiro atoms. The van der Waals surface area contributed by atoms with Crippen LogP contribution in [0.5, 0.6) is 5.75 Å². The number of rotatable bonds is 6. The van der Waals surface area contributed by atoms with Gasteiger partial charge in [-0.05, 0) is 55.5 Å². The zero-order chi connectivity index (χ0) is 22.0. The molecule has 0 radical (unpaired) electrons. The number of ether oxygens (including phenoxy) is 1. The Labute approximate surface area is 177 Å². The quantitative estimate of drug-likeness (QED) is 0.518. The van der Waals surface area contributed by atoms with Crippen LogP contribution in [0.25, 0.3) is 16.6 Å². The Morgan fingerprint density at radius 2 is 1.81 bits per heavy atom. The maximum Gasteiger partial charge on any atom is 0.336 e. The molecule has 8 heteroatoms. The highest BCUT2D eigenvalue weighted by Crippen LogP contribution is 2.17. The molecule has 4 rings (SSSR count). The Balaban J connectivity index is 1.83. The van der Waals surface area contributed by atoms with Gasteiger partial charge < -0.3 is 14.5 Å². The Kier molecular flexibility index (Phi) is 5.44. The summed E-state index contributed by atoms with van der Waals surface area (Å²) in [5, 5.41) is 3.10. The highest BCUT2D eigenvalue weighted by atomic mass is 16.5. The van der Waals surface area contributed by atoms with E-state index in [1.54, 1.807) is 67.6 Å². The summed E-state index contributed by atoms with van der Waals surface area (Å²) in [6, 6.07) is 15.9. The van der Waals surface area contributed by atoms with E-state index >= 15 is 0 Å². The van der Waals surface area contributed by atoms with E-state index in [9.17, 15) is 14.4 Å². The molecular formula is C23H21N3O5. The van der Waals surface area contributed by atoms with Gasteiger partial charge in [-0.3, -0.25) is 14.2 Å². The summed E-state index contributed by atoms with van der Waals surface area (Å²) in [7, 11) is 1.53. The molecule has 1 N–H and O–H groups in total. The maximum atomic E-state index is 13.4. The second-order valence-corrected chi connectivity index (χ2v) is 6.98. The fraction of sp³-hybridized carbons (Fsp3) is 0.174. The largest absolute Gasteiger partial charge is 0.497 e. The van der Waals surface area contributed by atoms with E-state index in [1.807, 2.05) is 0 Å². The van der Waals surface area contributed by atoms with Crippen molar-refractivity contribution in [3.63, 3.8) is 0 Å². The summed E-state index contributed by atoms with van der Waals surface area (Å²) in [4.78, 5) is 39.4. The second-order valence-electron chi connectivity index (χ2n) is 6.98. The van der Waals surface area contributed by atoms with Crippen LogP contribution in [0.1, 0.15) is 18.7 Å². The number of para-hydroxylation sites is 1. The van der Waals surface area contributed by atoms with Crippen molar-refractivity contribution in [2.24, 2.45) is 0 Å². The summed E-state index contributed by atoms with van der Waals surface area (Å²) in [6.45, 7) is 1.81. The monoisotopic (exact) mass is 419 g/mol. The van der Waals surface area contributed by atoms with Gasteiger partial charge in [0.2, 0.25) is 5.91 Å². The number of benzene rings is 2. The molecule has 8 nitrogen and oxygen atoms in total. The highest BCUT2D eigenvalue weighted by molar-refractivity contribution is 5.84. The number of methoxy groups -OCH3 is 1. The number of hydrogen-bond acceptors (Lipinski definition) is 5. The van der Waals surface area contributed by atoms with Crippen LogP contribution in [-0.2, 0) is 11.3 Å². The second kappa shape index (κ2) is 8.35. The maximum absolute atomic E-state index is 13.4. The van der Waals surface area contributed by atoms with Gasteiger partial charge in [-0.25, -0.2) is 9.36 Å². The minimum Gasteiger partial charge on any atom is -0.497 e. The third kappa shape index (κ3) is 3.75. The number of nitrogens with zero attached hydrogens (tertiary/aromatic N) is 2. The Hall–Kier alpha value is -4.07. The van der Waals surface area contributed by atoms with Crippen LogP contribution in [0.4, 0.5) is 0 Å². The molecule has 2 heterocycles. The smallest absolute Gasteiger partial charge is 0.336 e. The number of fused-ring (bicyclic) bond motifs is 1. The molecule has 2 aromatic carbocycles. The fourth-order valence-electron chi connectivity index (χ4n) is 3.47. The molecule has 2 aromatic heterocycles. The molecule has 0 unspecified atom stereocenters. The van der Waals surface area contributed by atoms with E-state index in [1.165, 1.54) is 17.9 Å². The highest BCUT2D eigenvalue weighted by Gasteiger charge is 2.22. The third-order valence-corrected chi connectivity index (χ3v) is 5.11. The molecule has 0 aliphatic carbocycles. The summed E-state index contributed by atoms with van der Waals surface area (Å²) < 4.78 is 12.8. The molecule has 1 atom stereocenters. The predicted molar refractivity (Wildman–Crippen MR) is 116 cm³/mol. The average molecular weight is 419 g/mol. The molecule has 0 saturated heterocycles. The first-order valence-electron chi connectivity index (χ1n) is 9.72. The van der Waals surface area contributed by atoms with Gasteiger partial charge in [0.05, 0.1) is 36.5 Å². The van der Waals surface area contributed by atoms with Crippen molar-refractivity contribution in [1.29, 1.82) is 0 Å². The van der Waals surface area contributed by atoms with Gasteiger partial charge in [0.1, 0.15) is 17.6 Å². The van der Waals surface area contributed by atoms with Gasteiger partial charge in [0.15, 0.2) is 0 Å². The molecule has 0 aliphatic heterocycles. The Morgan fingerprint density at radius 3 is 2.48 bits per heavy atom. The van der Waals surface area contributed by atoms with Crippen LogP contribution in [0.15, 0.2) is 80.9 Å². The van der Waals surface area contributed by atoms with Crippen molar-refractivity contribution in [3.8, 4) is 11.4 Å². The van der Waals surface area contributed by atoms with Crippen molar-refractivity contribution in [2.45, 2.75) is 19.5 Å². The molecule has 0 bridgehead atoms. The van der Waals surface area contributed by atoms with Gasteiger partial charge in [0.25, 0.3) is 5.56 Å². The first-order valence-corrected chi connectivity index (χ1v) is 9.72. The number of amides is 1. The summed E-state index contributed by atoms with van der Waals surface area (Å²) >= 11 is 0. The van der Waals surface area contributed by atoms with E-state index in [-0.39, 0.29) is 12.5 Å². The van der Waals surface area contributed by atoms with Crippen LogP contribution in [0.2, 0.25) is 0 Å². The van der Waals surface area contributed by atoms with Crippen LogP contribution < -0.4 is 21.3 Å². The number of furan rings is 1. The zero-order valence-electron chi connectivity index (χ0n) is 17.1. The minimum absolute atomic E-state index is 0.195. The van der Waals surface area contributed by atoms with Gasteiger partial charge in [0, 0.05) is 0 Å². The topological polar surface area (TPSA) is 95.5 Å². The third-order valence-electron chi connectivity index (χ3n) is 5.11. The van der Waals surface area contributed by atoms with Gasteiger partial charge in [-0.2, -0.15) is 0 Å². The molecular weight excluding hydrogens is 398 g/mol. The lowest BCUT2D eigenvalue weighted by Crippen LogP contribution is -2.43. The predicted octanol–water partition coefficient (Wildman–Crippen LogP) is 2.63. The van der Waals surface area contributed by atoms with Crippen molar-refractivity contribution >= 4 is 16.8 Å². The van der Waals surface area contributed by atoms with Crippen LogP contribution in [0, 0.1) is 0 Å². The SMILES string of the molecule is COc1ccc(-n2c(=O)c3ccccc3n([C@H](C)C(=O)NCc3ccco3)c2=O)cc1. The van der Waals surface area contributed by atoms with E-state index < -0.39 is 17.3 Å². The lowest BCUT2D eigenvalue weighted by Gasteiger charge is -2.19.